The van der Waals surface area contributed by atoms with Crippen molar-refractivity contribution in [2.45, 2.75) is 44.9 Å². The van der Waals surface area contributed by atoms with Crippen molar-refractivity contribution in [2.75, 3.05) is 69.4 Å². The van der Waals surface area contributed by atoms with E-state index in [1.54, 1.807) is 13.2 Å². The first-order valence-corrected chi connectivity index (χ1v) is 14.6. The number of carbonyl (C=O) groups excluding carboxylic acids is 1. The molecule has 1 amide bonds. The third-order valence-electron chi connectivity index (χ3n) is 8.74. The molecule has 0 N–H and O–H groups in total. The van der Waals surface area contributed by atoms with Crippen molar-refractivity contribution in [3.8, 4) is 0 Å². The van der Waals surface area contributed by atoms with E-state index >= 15 is 0 Å². The number of nitrogens with zero attached hydrogens (tertiary/aromatic N) is 5. The van der Waals surface area contributed by atoms with Crippen molar-refractivity contribution in [3.05, 3.63) is 46.4 Å². The number of hydrogen-bond donors (Lipinski definition) is 0. The molecule has 224 valence electrons. The second kappa shape index (κ2) is 12.7. The van der Waals surface area contributed by atoms with Crippen LogP contribution in [0.15, 0.2) is 24.5 Å². The molecule has 0 aliphatic carbocycles. The lowest BCUT2D eigenvalue weighted by Gasteiger charge is -2.38. The third-order valence-corrected chi connectivity index (χ3v) is 9.07. The van der Waals surface area contributed by atoms with E-state index in [2.05, 4.69) is 14.9 Å². The van der Waals surface area contributed by atoms with Crippen molar-refractivity contribution >= 4 is 29.0 Å². The number of halogens is 4. The molecular weight excluding hydrogens is 559 g/mol. The summed E-state index contributed by atoms with van der Waals surface area (Å²) >= 11 is 5.79. The Hall–Kier alpha value is -2.63. The summed E-state index contributed by atoms with van der Waals surface area (Å²) in [5.74, 6) is 1.67. The normalized spacial score (nSPS) is 22.7. The van der Waals surface area contributed by atoms with Crippen molar-refractivity contribution in [1.82, 2.24) is 14.9 Å². The molecule has 5 rings (SSSR count). The number of rotatable bonds is 6. The molecule has 2 unspecified atom stereocenters. The number of likely N-dealkylation sites (tertiary alicyclic amines) is 1. The van der Waals surface area contributed by atoms with Crippen LogP contribution in [0.1, 0.15) is 47.3 Å². The molecule has 0 bridgehead atoms. The molecule has 4 heterocycles. The fourth-order valence-corrected chi connectivity index (χ4v) is 6.54. The van der Waals surface area contributed by atoms with Gasteiger partial charge in [0.25, 0.3) is 5.91 Å². The molecular formula is C29H37ClF3N5O3. The van der Waals surface area contributed by atoms with Crippen LogP contribution in [-0.4, -0.2) is 86.5 Å². The van der Waals surface area contributed by atoms with Crippen LogP contribution in [0.2, 0.25) is 5.02 Å². The van der Waals surface area contributed by atoms with Crippen LogP contribution in [0.5, 0.6) is 0 Å². The maximum Gasteiger partial charge on any atom is 0.417 e. The van der Waals surface area contributed by atoms with Gasteiger partial charge in [0, 0.05) is 64.2 Å². The average Bonchev–Trinajstić information content (AvgIpc) is 2.97. The van der Waals surface area contributed by atoms with Crippen molar-refractivity contribution in [2.24, 2.45) is 11.8 Å². The Labute approximate surface area is 243 Å². The van der Waals surface area contributed by atoms with Crippen LogP contribution >= 0.6 is 11.6 Å². The molecule has 1 aromatic carbocycles. The fourth-order valence-electron chi connectivity index (χ4n) is 6.31. The molecule has 0 radical (unpaired) electrons. The smallest absolute Gasteiger partial charge is 0.379 e. The number of hydrogen-bond acceptors (Lipinski definition) is 7. The molecule has 0 spiro atoms. The van der Waals surface area contributed by atoms with Crippen molar-refractivity contribution < 1.29 is 27.4 Å². The quantitative estimate of drug-likeness (QED) is 0.461. The van der Waals surface area contributed by atoms with Crippen LogP contribution in [-0.2, 0) is 15.7 Å². The van der Waals surface area contributed by atoms with Crippen LogP contribution in [0.3, 0.4) is 0 Å². The highest BCUT2D eigenvalue weighted by Gasteiger charge is 2.35. The topological polar surface area (TPSA) is 71.0 Å². The summed E-state index contributed by atoms with van der Waals surface area (Å²) in [6, 6.07) is 4.01. The van der Waals surface area contributed by atoms with Gasteiger partial charge in [-0.25, -0.2) is 9.97 Å². The Morgan fingerprint density at radius 3 is 2.46 bits per heavy atom. The number of aromatic nitrogens is 2. The highest BCUT2D eigenvalue weighted by Crippen LogP contribution is 2.37. The molecule has 0 saturated carbocycles. The minimum absolute atomic E-state index is 0.0788. The monoisotopic (exact) mass is 595 g/mol. The van der Waals surface area contributed by atoms with Gasteiger partial charge in [-0.15, -0.1) is 0 Å². The zero-order valence-corrected chi connectivity index (χ0v) is 24.3. The third kappa shape index (κ3) is 6.73. The fraction of sp³-hybridized carbons (Fsp3) is 0.621. The number of anilines is 2. The number of amides is 1. The first-order chi connectivity index (χ1) is 19.7. The Bertz CT molecular complexity index is 1220. The van der Waals surface area contributed by atoms with Gasteiger partial charge in [-0.05, 0) is 62.6 Å². The van der Waals surface area contributed by atoms with E-state index < -0.39 is 11.7 Å². The van der Waals surface area contributed by atoms with Crippen molar-refractivity contribution in [1.29, 1.82) is 0 Å². The van der Waals surface area contributed by atoms with E-state index in [0.29, 0.717) is 74.9 Å². The molecule has 41 heavy (non-hydrogen) atoms. The van der Waals surface area contributed by atoms with Gasteiger partial charge in [-0.1, -0.05) is 11.6 Å². The minimum Gasteiger partial charge on any atom is -0.379 e. The van der Waals surface area contributed by atoms with Gasteiger partial charge < -0.3 is 24.2 Å². The summed E-state index contributed by atoms with van der Waals surface area (Å²) < 4.78 is 51.2. The Morgan fingerprint density at radius 1 is 1.07 bits per heavy atom. The highest BCUT2D eigenvalue weighted by molar-refractivity contribution is 6.31. The summed E-state index contributed by atoms with van der Waals surface area (Å²) in [4.78, 5) is 28.2. The van der Waals surface area contributed by atoms with E-state index in [-0.39, 0.29) is 17.0 Å². The lowest BCUT2D eigenvalue weighted by molar-refractivity contribution is -0.137. The lowest BCUT2D eigenvalue weighted by Crippen LogP contribution is -2.47. The van der Waals surface area contributed by atoms with Gasteiger partial charge in [0.2, 0.25) is 0 Å². The SMILES string of the molecule is COC1COCCC1CC1CCN(C(=O)c2ncnc(N3CCN(c4ccc(Cl)c(C(F)(F)F)c4)CC3)c2C)CC1. The molecule has 12 heteroatoms. The summed E-state index contributed by atoms with van der Waals surface area (Å²) in [6.45, 7) is 6.82. The number of alkyl halides is 3. The first-order valence-electron chi connectivity index (χ1n) is 14.2. The summed E-state index contributed by atoms with van der Waals surface area (Å²) in [6.07, 6.45) is 1.10. The van der Waals surface area contributed by atoms with Gasteiger partial charge in [0.15, 0.2) is 0 Å². The maximum atomic E-state index is 13.5. The van der Waals surface area contributed by atoms with E-state index in [4.69, 9.17) is 21.1 Å². The standard InChI is InChI=1S/C29H37ClF3N5O3/c1-19-26(28(39)38-8-5-20(6-9-38)15-21-7-14-41-17-25(21)40-2)34-18-35-27(19)37-12-10-36(11-13-37)22-3-4-24(30)23(16-22)29(31,32)33/h3-4,16,18,20-21,25H,5-15,17H2,1-2H3. The second-order valence-electron chi connectivity index (χ2n) is 11.2. The zero-order chi connectivity index (χ0) is 29.1. The largest absolute Gasteiger partial charge is 0.417 e. The highest BCUT2D eigenvalue weighted by atomic mass is 35.5. The summed E-state index contributed by atoms with van der Waals surface area (Å²) in [5, 5.41) is -0.308. The molecule has 2 atom stereocenters. The van der Waals surface area contributed by atoms with E-state index in [9.17, 15) is 18.0 Å². The Balaban J connectivity index is 1.18. The maximum absolute atomic E-state index is 13.5. The number of benzene rings is 1. The molecule has 3 aliphatic heterocycles. The van der Waals surface area contributed by atoms with Crippen LogP contribution in [0, 0.1) is 18.8 Å². The lowest BCUT2D eigenvalue weighted by atomic mass is 9.82. The second-order valence-corrected chi connectivity index (χ2v) is 11.6. The Morgan fingerprint density at radius 2 is 1.78 bits per heavy atom. The number of methoxy groups -OCH3 is 1. The summed E-state index contributed by atoms with van der Waals surface area (Å²) in [5.41, 5.74) is 0.784. The molecule has 3 saturated heterocycles. The molecule has 3 aliphatic rings. The molecule has 8 nitrogen and oxygen atoms in total. The minimum atomic E-state index is -4.51. The Kier molecular flexibility index (Phi) is 9.25. The van der Waals surface area contributed by atoms with Gasteiger partial charge in [0.1, 0.15) is 17.8 Å². The molecule has 1 aromatic heterocycles. The van der Waals surface area contributed by atoms with Crippen molar-refractivity contribution in [3.63, 3.8) is 0 Å². The number of piperazine rings is 1. The number of piperidine rings is 1. The molecule has 2 aromatic rings. The zero-order valence-electron chi connectivity index (χ0n) is 23.5. The number of ether oxygens (including phenoxy) is 2. The average molecular weight is 596 g/mol. The van der Waals surface area contributed by atoms with Crippen LogP contribution in [0.4, 0.5) is 24.7 Å². The van der Waals surface area contributed by atoms with Gasteiger partial charge in [0.05, 0.1) is 23.3 Å². The predicted octanol–water partition coefficient (Wildman–Crippen LogP) is 5.08. The van der Waals surface area contributed by atoms with E-state index in [0.717, 1.165) is 43.9 Å². The van der Waals surface area contributed by atoms with Gasteiger partial charge in [-0.2, -0.15) is 13.2 Å². The number of carbonyl (C=O) groups is 1. The van der Waals surface area contributed by atoms with Crippen LogP contribution < -0.4 is 9.80 Å². The first kappa shape index (κ1) is 29.8. The van der Waals surface area contributed by atoms with Gasteiger partial charge >= 0.3 is 6.18 Å². The van der Waals surface area contributed by atoms with E-state index in [1.165, 1.54) is 12.4 Å². The molecule has 3 fully saturated rings. The van der Waals surface area contributed by atoms with Crippen LogP contribution in [0.25, 0.3) is 0 Å². The van der Waals surface area contributed by atoms with Gasteiger partial charge in [-0.3, -0.25) is 4.79 Å². The van der Waals surface area contributed by atoms with E-state index in [1.807, 2.05) is 16.7 Å². The summed E-state index contributed by atoms with van der Waals surface area (Å²) in [7, 11) is 1.75. The predicted molar refractivity (Wildman–Crippen MR) is 151 cm³/mol.